The Labute approximate surface area is 143 Å². The highest BCUT2D eigenvalue weighted by atomic mass is 32.2. The van der Waals surface area contributed by atoms with Gasteiger partial charge in [-0.1, -0.05) is 36.4 Å². The Morgan fingerprint density at radius 2 is 1.75 bits per heavy atom. The van der Waals surface area contributed by atoms with E-state index in [0.717, 1.165) is 31.5 Å². The minimum absolute atomic E-state index is 0.280. The molecular formula is C19H23NO3S. The first-order chi connectivity index (χ1) is 11.4. The number of hydrogen-bond donors (Lipinski definition) is 1. The fourth-order valence-electron chi connectivity index (χ4n) is 3.21. The third kappa shape index (κ3) is 4.04. The van der Waals surface area contributed by atoms with Crippen LogP contribution in [0.3, 0.4) is 0 Å². The number of fused-ring (bicyclic) bond motifs is 1. The van der Waals surface area contributed by atoms with Crippen LogP contribution in [0.1, 0.15) is 29.2 Å². The van der Waals surface area contributed by atoms with E-state index < -0.39 is 15.9 Å². The molecule has 1 aliphatic heterocycles. The summed E-state index contributed by atoms with van der Waals surface area (Å²) in [6.45, 7) is 2.34. The van der Waals surface area contributed by atoms with E-state index in [4.69, 9.17) is 0 Å². The number of aliphatic hydroxyl groups excluding tert-OH is 1. The summed E-state index contributed by atoms with van der Waals surface area (Å²) in [6, 6.07) is 15.0. The van der Waals surface area contributed by atoms with Crippen molar-refractivity contribution in [3.05, 3.63) is 65.2 Å². The Kier molecular flexibility index (Phi) is 5.04. The number of nitrogens with zero attached hydrogens (tertiary/aromatic N) is 1. The van der Waals surface area contributed by atoms with Gasteiger partial charge in [0, 0.05) is 19.3 Å². The SMILES string of the molecule is CS(=O)(=O)c1ccc(C(O)CN2CCCc3ccccc3C2)cc1. The molecule has 1 unspecified atom stereocenters. The summed E-state index contributed by atoms with van der Waals surface area (Å²) in [5.74, 6) is 0. The zero-order valence-corrected chi connectivity index (χ0v) is 14.7. The van der Waals surface area contributed by atoms with Gasteiger partial charge in [0.25, 0.3) is 0 Å². The molecule has 0 radical (unpaired) electrons. The van der Waals surface area contributed by atoms with Gasteiger partial charge in [0.15, 0.2) is 9.84 Å². The number of hydrogen-bond acceptors (Lipinski definition) is 4. The lowest BCUT2D eigenvalue weighted by Crippen LogP contribution is -2.28. The summed E-state index contributed by atoms with van der Waals surface area (Å²) in [6.07, 6.45) is 2.72. The van der Waals surface area contributed by atoms with Crippen LogP contribution in [0.15, 0.2) is 53.4 Å². The molecule has 1 atom stereocenters. The van der Waals surface area contributed by atoms with Crippen LogP contribution < -0.4 is 0 Å². The van der Waals surface area contributed by atoms with Gasteiger partial charge < -0.3 is 5.11 Å². The second-order valence-corrected chi connectivity index (χ2v) is 8.48. The Hall–Kier alpha value is -1.69. The maximum absolute atomic E-state index is 11.5. The molecule has 0 aromatic heterocycles. The van der Waals surface area contributed by atoms with E-state index in [-0.39, 0.29) is 4.90 Å². The van der Waals surface area contributed by atoms with Gasteiger partial charge in [0.1, 0.15) is 0 Å². The lowest BCUT2D eigenvalue weighted by Gasteiger charge is -2.24. The molecule has 1 aliphatic rings. The van der Waals surface area contributed by atoms with Crippen LogP contribution in [-0.4, -0.2) is 37.8 Å². The van der Waals surface area contributed by atoms with Gasteiger partial charge >= 0.3 is 0 Å². The topological polar surface area (TPSA) is 57.6 Å². The Bertz CT molecular complexity index is 800. The van der Waals surface area contributed by atoms with Crippen molar-refractivity contribution in [2.75, 3.05) is 19.3 Å². The Balaban J connectivity index is 1.69. The maximum Gasteiger partial charge on any atom is 0.175 e. The molecule has 0 saturated carbocycles. The highest BCUT2D eigenvalue weighted by Gasteiger charge is 2.18. The van der Waals surface area contributed by atoms with Crippen LogP contribution >= 0.6 is 0 Å². The molecule has 1 heterocycles. The van der Waals surface area contributed by atoms with E-state index in [0.29, 0.717) is 6.54 Å². The lowest BCUT2D eigenvalue weighted by atomic mass is 10.0. The first-order valence-electron chi connectivity index (χ1n) is 8.21. The highest BCUT2D eigenvalue weighted by molar-refractivity contribution is 7.90. The van der Waals surface area contributed by atoms with Crippen molar-refractivity contribution in [3.63, 3.8) is 0 Å². The van der Waals surface area contributed by atoms with E-state index in [2.05, 4.69) is 29.2 Å². The molecule has 5 heteroatoms. The molecular weight excluding hydrogens is 322 g/mol. The highest BCUT2D eigenvalue weighted by Crippen LogP contribution is 2.22. The van der Waals surface area contributed by atoms with Gasteiger partial charge in [0.2, 0.25) is 0 Å². The van der Waals surface area contributed by atoms with Crippen LogP contribution in [0.5, 0.6) is 0 Å². The number of aryl methyl sites for hydroxylation is 1. The fourth-order valence-corrected chi connectivity index (χ4v) is 3.84. The van der Waals surface area contributed by atoms with Crippen LogP contribution in [-0.2, 0) is 22.8 Å². The van der Waals surface area contributed by atoms with Gasteiger partial charge in [-0.15, -0.1) is 0 Å². The molecule has 4 nitrogen and oxygen atoms in total. The Morgan fingerprint density at radius 3 is 2.42 bits per heavy atom. The van der Waals surface area contributed by atoms with Crippen LogP contribution in [0.2, 0.25) is 0 Å². The van der Waals surface area contributed by atoms with Crippen LogP contribution in [0.25, 0.3) is 0 Å². The number of sulfone groups is 1. The summed E-state index contributed by atoms with van der Waals surface area (Å²) >= 11 is 0. The number of β-amino-alcohol motifs (C(OH)–C–C–N with tert-alkyl or cyclic N) is 1. The summed E-state index contributed by atoms with van der Waals surface area (Å²) in [5, 5.41) is 10.5. The summed E-state index contributed by atoms with van der Waals surface area (Å²) < 4.78 is 23.0. The van der Waals surface area contributed by atoms with Crippen LogP contribution in [0.4, 0.5) is 0 Å². The average Bonchev–Trinajstić information content (AvgIpc) is 2.75. The predicted molar refractivity (Wildman–Crippen MR) is 94.6 cm³/mol. The zero-order chi connectivity index (χ0) is 17.2. The normalized spacial score (nSPS) is 17.1. The summed E-state index contributed by atoms with van der Waals surface area (Å²) in [7, 11) is -3.20. The molecule has 0 bridgehead atoms. The Morgan fingerprint density at radius 1 is 1.08 bits per heavy atom. The summed E-state index contributed by atoms with van der Waals surface area (Å²) in [4.78, 5) is 2.54. The monoisotopic (exact) mass is 345 g/mol. The fraction of sp³-hybridized carbons (Fsp3) is 0.368. The van der Waals surface area contributed by atoms with E-state index in [1.807, 2.05) is 0 Å². The molecule has 24 heavy (non-hydrogen) atoms. The molecule has 0 fully saturated rings. The van der Waals surface area contributed by atoms with Crippen LogP contribution in [0, 0.1) is 0 Å². The molecule has 1 N–H and O–H groups in total. The number of rotatable bonds is 4. The molecule has 128 valence electrons. The molecule has 0 saturated heterocycles. The van der Waals surface area contributed by atoms with E-state index >= 15 is 0 Å². The smallest absolute Gasteiger partial charge is 0.175 e. The molecule has 3 rings (SSSR count). The second-order valence-electron chi connectivity index (χ2n) is 6.46. The minimum Gasteiger partial charge on any atom is -0.387 e. The van der Waals surface area contributed by atoms with Crippen molar-refractivity contribution in [1.29, 1.82) is 0 Å². The van der Waals surface area contributed by atoms with Gasteiger partial charge in [-0.25, -0.2) is 8.42 Å². The lowest BCUT2D eigenvalue weighted by molar-refractivity contribution is 0.110. The van der Waals surface area contributed by atoms with E-state index in [9.17, 15) is 13.5 Å². The molecule has 0 spiro atoms. The zero-order valence-electron chi connectivity index (χ0n) is 13.9. The van der Waals surface area contributed by atoms with E-state index in [1.54, 1.807) is 24.3 Å². The van der Waals surface area contributed by atoms with Crippen molar-refractivity contribution < 1.29 is 13.5 Å². The third-order valence-corrected chi connectivity index (χ3v) is 5.69. The third-order valence-electron chi connectivity index (χ3n) is 4.56. The average molecular weight is 345 g/mol. The van der Waals surface area contributed by atoms with Gasteiger partial charge in [-0.2, -0.15) is 0 Å². The van der Waals surface area contributed by atoms with Crippen molar-refractivity contribution in [3.8, 4) is 0 Å². The molecule has 2 aromatic rings. The molecule has 2 aromatic carbocycles. The van der Waals surface area contributed by atoms with Gasteiger partial charge in [-0.05, 0) is 48.2 Å². The predicted octanol–water partition coefficient (Wildman–Crippen LogP) is 2.57. The van der Waals surface area contributed by atoms with Gasteiger partial charge in [0.05, 0.1) is 11.0 Å². The second kappa shape index (κ2) is 7.05. The maximum atomic E-state index is 11.5. The van der Waals surface area contributed by atoms with Crippen molar-refractivity contribution >= 4 is 9.84 Å². The first-order valence-corrected chi connectivity index (χ1v) is 10.1. The molecule has 0 aliphatic carbocycles. The minimum atomic E-state index is -3.20. The van der Waals surface area contributed by atoms with Gasteiger partial charge in [-0.3, -0.25) is 4.90 Å². The van der Waals surface area contributed by atoms with Crippen molar-refractivity contribution in [2.45, 2.75) is 30.4 Å². The van der Waals surface area contributed by atoms with E-state index in [1.165, 1.54) is 17.4 Å². The van der Waals surface area contributed by atoms with Crippen molar-refractivity contribution in [1.82, 2.24) is 4.90 Å². The molecule has 0 amide bonds. The quantitative estimate of drug-likeness (QED) is 0.925. The number of aliphatic hydroxyl groups is 1. The standard InChI is InChI=1S/C19H23NO3S/c1-24(22,23)18-10-8-16(9-11-18)19(21)14-20-12-4-7-15-5-2-3-6-17(15)13-20/h2-3,5-6,8-11,19,21H,4,7,12-14H2,1H3. The number of benzene rings is 2. The largest absolute Gasteiger partial charge is 0.387 e. The first kappa shape index (κ1) is 17.1. The van der Waals surface area contributed by atoms with Crippen molar-refractivity contribution in [2.24, 2.45) is 0 Å². The summed E-state index contributed by atoms with van der Waals surface area (Å²) in [5.41, 5.74) is 3.47.